The van der Waals surface area contributed by atoms with E-state index in [1.807, 2.05) is 13.0 Å². The van der Waals surface area contributed by atoms with Gasteiger partial charge < -0.3 is 9.84 Å². The molecule has 1 saturated heterocycles. The number of nitrogens with zero attached hydrogens (tertiary/aromatic N) is 2. The standard InChI is InChI=1S/C18H28N2O5S/c1-4-14-6-7-17(10-15(14)5-2)26(23,24)20-8-9-25-16(12-20)11-19(3)13-18(21)22/h6-7,10,16H,4-5,8-9,11-13H2,1-3H3,(H,21,22). The van der Waals surface area contributed by atoms with Crippen LogP contribution in [0, 0.1) is 0 Å². The molecule has 26 heavy (non-hydrogen) atoms. The Kier molecular flexibility index (Phi) is 7.16. The molecule has 0 radical (unpaired) electrons. The summed E-state index contributed by atoms with van der Waals surface area (Å²) in [7, 11) is -1.91. The minimum Gasteiger partial charge on any atom is -0.480 e. The van der Waals surface area contributed by atoms with E-state index in [4.69, 9.17) is 9.84 Å². The quantitative estimate of drug-likeness (QED) is 0.725. The molecule has 1 aromatic rings. The number of carboxylic acid groups (broad SMARTS) is 1. The van der Waals surface area contributed by atoms with Gasteiger partial charge in [-0.1, -0.05) is 19.9 Å². The van der Waals surface area contributed by atoms with Crippen LogP contribution in [0.2, 0.25) is 0 Å². The second kappa shape index (κ2) is 8.94. The van der Waals surface area contributed by atoms with Gasteiger partial charge in [0, 0.05) is 19.6 Å². The molecule has 1 unspecified atom stereocenters. The molecular weight excluding hydrogens is 356 g/mol. The molecule has 0 aliphatic carbocycles. The van der Waals surface area contributed by atoms with Gasteiger partial charge in [-0.15, -0.1) is 0 Å². The number of sulfonamides is 1. The number of rotatable bonds is 8. The highest BCUT2D eigenvalue weighted by Gasteiger charge is 2.31. The van der Waals surface area contributed by atoms with Gasteiger partial charge >= 0.3 is 5.97 Å². The number of ether oxygens (including phenoxy) is 1. The van der Waals surface area contributed by atoms with Gasteiger partial charge in [0.15, 0.2) is 0 Å². The molecule has 0 amide bonds. The summed E-state index contributed by atoms with van der Waals surface area (Å²) in [6, 6.07) is 5.34. The van der Waals surface area contributed by atoms with Crippen LogP contribution in [0.5, 0.6) is 0 Å². The van der Waals surface area contributed by atoms with E-state index >= 15 is 0 Å². The predicted octanol–water partition coefficient (Wildman–Crippen LogP) is 1.22. The van der Waals surface area contributed by atoms with Crippen molar-refractivity contribution in [1.29, 1.82) is 0 Å². The molecule has 0 saturated carbocycles. The van der Waals surface area contributed by atoms with Crippen LogP contribution in [0.1, 0.15) is 25.0 Å². The van der Waals surface area contributed by atoms with Gasteiger partial charge in [-0.05, 0) is 43.1 Å². The summed E-state index contributed by atoms with van der Waals surface area (Å²) in [4.78, 5) is 12.7. The highest BCUT2D eigenvalue weighted by Crippen LogP contribution is 2.22. The lowest BCUT2D eigenvalue weighted by atomic mass is 10.0. The number of benzene rings is 1. The molecule has 7 nitrogen and oxygen atoms in total. The van der Waals surface area contributed by atoms with Crippen LogP contribution < -0.4 is 0 Å². The summed E-state index contributed by atoms with van der Waals surface area (Å²) >= 11 is 0. The topological polar surface area (TPSA) is 87.2 Å². The zero-order valence-corrected chi connectivity index (χ0v) is 16.5. The van der Waals surface area contributed by atoms with Crippen molar-refractivity contribution in [2.45, 2.75) is 37.7 Å². The molecule has 1 aromatic carbocycles. The second-order valence-corrected chi connectivity index (χ2v) is 8.52. The molecule has 146 valence electrons. The molecule has 1 heterocycles. The smallest absolute Gasteiger partial charge is 0.317 e. The molecule has 8 heteroatoms. The molecule has 0 spiro atoms. The van der Waals surface area contributed by atoms with Crippen LogP contribution in [-0.4, -0.2) is 74.6 Å². The predicted molar refractivity (Wildman–Crippen MR) is 98.8 cm³/mol. The summed E-state index contributed by atoms with van der Waals surface area (Å²) < 4.78 is 33.1. The van der Waals surface area contributed by atoms with Crippen LogP contribution in [0.25, 0.3) is 0 Å². The van der Waals surface area contributed by atoms with Gasteiger partial charge in [0.05, 0.1) is 24.2 Å². The van der Waals surface area contributed by atoms with Crippen LogP contribution >= 0.6 is 0 Å². The first-order valence-electron chi connectivity index (χ1n) is 8.91. The number of carbonyl (C=O) groups is 1. The number of likely N-dealkylation sites (N-methyl/N-ethyl adjacent to an activating group) is 1. The summed E-state index contributed by atoms with van der Waals surface area (Å²) in [5, 5.41) is 8.85. The maximum Gasteiger partial charge on any atom is 0.317 e. The lowest BCUT2D eigenvalue weighted by molar-refractivity contribution is -0.138. The van der Waals surface area contributed by atoms with E-state index in [0.29, 0.717) is 24.6 Å². The SMILES string of the molecule is CCc1ccc(S(=O)(=O)N2CCOC(CN(C)CC(=O)O)C2)cc1CC. The number of hydrogen-bond acceptors (Lipinski definition) is 5. The van der Waals surface area contributed by atoms with E-state index in [1.54, 1.807) is 24.1 Å². The van der Waals surface area contributed by atoms with E-state index in [1.165, 1.54) is 9.87 Å². The highest BCUT2D eigenvalue weighted by molar-refractivity contribution is 7.89. The van der Waals surface area contributed by atoms with Gasteiger partial charge in [-0.25, -0.2) is 8.42 Å². The van der Waals surface area contributed by atoms with Crippen molar-refractivity contribution in [3.63, 3.8) is 0 Å². The average Bonchev–Trinajstić information content (AvgIpc) is 2.60. The van der Waals surface area contributed by atoms with Gasteiger partial charge in [0.1, 0.15) is 0 Å². The maximum absolute atomic E-state index is 13.0. The molecule has 1 aliphatic rings. The molecular formula is C18H28N2O5S. The minimum absolute atomic E-state index is 0.106. The molecule has 1 fully saturated rings. The lowest BCUT2D eigenvalue weighted by Crippen LogP contribution is -2.49. The molecule has 1 atom stereocenters. The van der Waals surface area contributed by atoms with Gasteiger partial charge in [0.2, 0.25) is 10.0 Å². The summed E-state index contributed by atoms with van der Waals surface area (Å²) in [6.07, 6.45) is 1.32. The average molecular weight is 384 g/mol. The normalized spacial score (nSPS) is 19.0. The Bertz CT molecular complexity index is 735. The summed E-state index contributed by atoms with van der Waals surface area (Å²) in [5.74, 6) is -0.920. The van der Waals surface area contributed by atoms with Gasteiger partial charge in [-0.2, -0.15) is 4.31 Å². The van der Waals surface area contributed by atoms with Crippen molar-refractivity contribution < 1.29 is 23.1 Å². The first-order chi connectivity index (χ1) is 12.3. The number of carboxylic acids is 1. The van der Waals surface area contributed by atoms with E-state index in [-0.39, 0.29) is 19.2 Å². The van der Waals surface area contributed by atoms with E-state index < -0.39 is 16.0 Å². The summed E-state index contributed by atoms with van der Waals surface area (Å²) in [5.41, 5.74) is 2.22. The molecule has 0 bridgehead atoms. The van der Waals surface area contributed by atoms with Crippen LogP contribution in [0.4, 0.5) is 0 Å². The second-order valence-electron chi connectivity index (χ2n) is 6.58. The Hall–Kier alpha value is -1.48. The van der Waals surface area contributed by atoms with Crippen molar-refractivity contribution in [3.05, 3.63) is 29.3 Å². The fourth-order valence-corrected chi connectivity index (χ4v) is 4.76. The fourth-order valence-electron chi connectivity index (χ4n) is 3.25. The van der Waals surface area contributed by atoms with Gasteiger partial charge in [-0.3, -0.25) is 9.69 Å². The Morgan fingerprint density at radius 1 is 1.31 bits per heavy atom. The number of aliphatic carboxylic acids is 1. The summed E-state index contributed by atoms with van der Waals surface area (Å²) in [6.45, 7) is 5.18. The maximum atomic E-state index is 13.0. The molecule has 2 rings (SSSR count). The van der Waals surface area contributed by atoms with Crippen molar-refractivity contribution in [2.24, 2.45) is 0 Å². The Morgan fingerprint density at radius 3 is 2.62 bits per heavy atom. The number of morpholine rings is 1. The Balaban J connectivity index is 2.14. The highest BCUT2D eigenvalue weighted by atomic mass is 32.2. The first-order valence-corrected chi connectivity index (χ1v) is 10.4. The van der Waals surface area contributed by atoms with Crippen molar-refractivity contribution in [2.75, 3.05) is 39.8 Å². The van der Waals surface area contributed by atoms with Crippen LogP contribution in [0.3, 0.4) is 0 Å². The third kappa shape index (κ3) is 5.03. The third-order valence-corrected chi connectivity index (χ3v) is 6.46. The fraction of sp³-hybridized carbons (Fsp3) is 0.611. The largest absolute Gasteiger partial charge is 0.480 e. The van der Waals surface area contributed by atoms with Crippen molar-refractivity contribution >= 4 is 16.0 Å². The lowest BCUT2D eigenvalue weighted by Gasteiger charge is -2.34. The van der Waals surface area contributed by atoms with Crippen molar-refractivity contribution in [1.82, 2.24) is 9.21 Å². The van der Waals surface area contributed by atoms with E-state index in [0.717, 1.165) is 18.4 Å². The van der Waals surface area contributed by atoms with Crippen molar-refractivity contribution in [3.8, 4) is 0 Å². The van der Waals surface area contributed by atoms with E-state index in [2.05, 4.69) is 6.92 Å². The first kappa shape index (κ1) is 20.8. The van der Waals surface area contributed by atoms with E-state index in [9.17, 15) is 13.2 Å². The molecule has 0 aromatic heterocycles. The minimum atomic E-state index is -3.59. The molecule has 1 aliphatic heterocycles. The monoisotopic (exact) mass is 384 g/mol. The van der Waals surface area contributed by atoms with Crippen LogP contribution in [0.15, 0.2) is 23.1 Å². The third-order valence-electron chi connectivity index (χ3n) is 4.60. The van der Waals surface area contributed by atoms with Crippen LogP contribution in [-0.2, 0) is 32.4 Å². The molecule has 1 N–H and O–H groups in total. The van der Waals surface area contributed by atoms with Gasteiger partial charge in [0.25, 0.3) is 0 Å². The Morgan fingerprint density at radius 2 is 2.00 bits per heavy atom. The number of hydrogen-bond donors (Lipinski definition) is 1. The Labute approximate surface area is 155 Å². The zero-order chi connectivity index (χ0) is 19.3. The zero-order valence-electron chi connectivity index (χ0n) is 15.6. The number of aryl methyl sites for hydroxylation is 2.